The van der Waals surface area contributed by atoms with Crippen molar-refractivity contribution < 1.29 is 0 Å². The van der Waals surface area contributed by atoms with Crippen molar-refractivity contribution in [2.75, 3.05) is 0 Å². The maximum Gasteiger partial charge on any atom is 0.0258 e. The molecule has 1 aromatic rings. The number of hydrazine groups is 1. The predicted molar refractivity (Wildman–Crippen MR) is 72.5 cm³/mol. The summed E-state index contributed by atoms with van der Waals surface area (Å²) in [6.45, 7) is 2.25. The van der Waals surface area contributed by atoms with Crippen LogP contribution >= 0.6 is 11.3 Å². The minimum atomic E-state index is 0.445. The quantitative estimate of drug-likeness (QED) is 0.394. The molecule has 92 valence electrons. The van der Waals surface area contributed by atoms with Gasteiger partial charge < -0.3 is 0 Å². The summed E-state index contributed by atoms with van der Waals surface area (Å²) in [7, 11) is 0. The molecule has 1 heterocycles. The van der Waals surface area contributed by atoms with E-state index in [2.05, 4.69) is 29.9 Å². The van der Waals surface area contributed by atoms with Crippen LogP contribution in [-0.2, 0) is 6.42 Å². The molecule has 0 amide bonds. The third-order valence-electron chi connectivity index (χ3n) is 2.92. The van der Waals surface area contributed by atoms with Crippen molar-refractivity contribution >= 4 is 11.3 Å². The molecule has 3 N–H and O–H groups in total. The minimum Gasteiger partial charge on any atom is -0.271 e. The fourth-order valence-corrected chi connectivity index (χ4v) is 2.70. The monoisotopic (exact) mass is 240 g/mol. The highest BCUT2D eigenvalue weighted by Gasteiger charge is 2.07. The molecule has 0 bridgehead atoms. The van der Waals surface area contributed by atoms with Gasteiger partial charge in [0.25, 0.3) is 0 Å². The van der Waals surface area contributed by atoms with Crippen molar-refractivity contribution in [1.82, 2.24) is 5.43 Å². The number of hydrogen-bond donors (Lipinski definition) is 2. The zero-order chi connectivity index (χ0) is 11.6. The molecule has 0 radical (unpaired) electrons. The van der Waals surface area contributed by atoms with Gasteiger partial charge in [0.15, 0.2) is 0 Å². The number of nitrogens with two attached hydrogens (primary N) is 1. The molecule has 2 nitrogen and oxygen atoms in total. The van der Waals surface area contributed by atoms with Gasteiger partial charge in [-0.3, -0.25) is 11.3 Å². The normalized spacial score (nSPS) is 12.9. The molecular formula is C13H24N2S. The number of thiophene rings is 1. The lowest BCUT2D eigenvalue weighted by Crippen LogP contribution is -2.36. The number of unbranched alkanes of at least 4 members (excludes halogenated alkanes) is 4. The third kappa shape index (κ3) is 5.64. The molecule has 16 heavy (non-hydrogen) atoms. The highest BCUT2D eigenvalue weighted by atomic mass is 32.1. The van der Waals surface area contributed by atoms with Gasteiger partial charge in [0.2, 0.25) is 0 Å². The number of hydrogen-bond acceptors (Lipinski definition) is 3. The van der Waals surface area contributed by atoms with Gasteiger partial charge in [-0.15, -0.1) is 11.3 Å². The molecule has 0 aliphatic heterocycles. The Morgan fingerprint density at radius 1 is 1.31 bits per heavy atom. The second kappa shape index (κ2) is 8.74. The van der Waals surface area contributed by atoms with Crippen molar-refractivity contribution in [1.29, 1.82) is 0 Å². The summed E-state index contributed by atoms with van der Waals surface area (Å²) < 4.78 is 0. The first-order chi connectivity index (χ1) is 7.86. The lowest BCUT2D eigenvalue weighted by Gasteiger charge is -2.14. The number of nitrogens with one attached hydrogen (secondary N) is 1. The molecule has 0 saturated carbocycles. The first-order valence-electron chi connectivity index (χ1n) is 6.35. The molecule has 3 heteroatoms. The van der Waals surface area contributed by atoms with Crippen molar-refractivity contribution in [3.63, 3.8) is 0 Å². The topological polar surface area (TPSA) is 38.0 Å². The molecule has 0 aromatic carbocycles. The number of rotatable bonds is 9. The Kier molecular flexibility index (Phi) is 7.47. The first-order valence-corrected chi connectivity index (χ1v) is 7.23. The van der Waals surface area contributed by atoms with Gasteiger partial charge in [0, 0.05) is 10.9 Å². The van der Waals surface area contributed by atoms with Crippen LogP contribution in [0.1, 0.15) is 50.3 Å². The van der Waals surface area contributed by atoms with Crippen LogP contribution in [-0.4, -0.2) is 6.04 Å². The van der Waals surface area contributed by atoms with Crippen LogP contribution in [0.15, 0.2) is 17.5 Å². The summed E-state index contributed by atoms with van der Waals surface area (Å²) in [5, 5.41) is 2.13. The molecule has 0 aliphatic rings. The summed E-state index contributed by atoms with van der Waals surface area (Å²) in [5.74, 6) is 5.58. The first kappa shape index (κ1) is 13.7. The second-order valence-electron chi connectivity index (χ2n) is 4.35. The summed E-state index contributed by atoms with van der Waals surface area (Å²) in [5.41, 5.74) is 2.94. The van der Waals surface area contributed by atoms with E-state index in [4.69, 9.17) is 5.84 Å². The van der Waals surface area contributed by atoms with E-state index in [0.29, 0.717) is 6.04 Å². The molecule has 0 aliphatic carbocycles. The SMILES string of the molecule is CCCCCCCC(Cc1cccs1)NN. The van der Waals surface area contributed by atoms with Gasteiger partial charge in [0.05, 0.1) is 0 Å². The van der Waals surface area contributed by atoms with E-state index < -0.39 is 0 Å². The van der Waals surface area contributed by atoms with Crippen molar-refractivity contribution in [3.05, 3.63) is 22.4 Å². The minimum absolute atomic E-state index is 0.445. The van der Waals surface area contributed by atoms with Gasteiger partial charge in [0.1, 0.15) is 0 Å². The second-order valence-corrected chi connectivity index (χ2v) is 5.38. The van der Waals surface area contributed by atoms with Crippen molar-refractivity contribution in [3.8, 4) is 0 Å². The van der Waals surface area contributed by atoms with Gasteiger partial charge in [-0.2, -0.15) is 0 Å². The van der Waals surface area contributed by atoms with E-state index in [1.54, 1.807) is 0 Å². The fourth-order valence-electron chi connectivity index (χ4n) is 1.91. The zero-order valence-electron chi connectivity index (χ0n) is 10.2. The van der Waals surface area contributed by atoms with Gasteiger partial charge >= 0.3 is 0 Å². The molecule has 1 atom stereocenters. The summed E-state index contributed by atoms with van der Waals surface area (Å²) in [4.78, 5) is 1.43. The van der Waals surface area contributed by atoms with E-state index in [0.717, 1.165) is 6.42 Å². The molecule has 1 unspecified atom stereocenters. The van der Waals surface area contributed by atoms with Crippen LogP contribution in [0.3, 0.4) is 0 Å². The lowest BCUT2D eigenvalue weighted by atomic mass is 10.0. The Morgan fingerprint density at radius 3 is 2.75 bits per heavy atom. The lowest BCUT2D eigenvalue weighted by molar-refractivity contribution is 0.463. The summed E-state index contributed by atoms with van der Waals surface area (Å²) in [6, 6.07) is 4.74. The van der Waals surface area contributed by atoms with E-state index in [9.17, 15) is 0 Å². The van der Waals surface area contributed by atoms with Crippen LogP contribution in [0, 0.1) is 0 Å². The highest BCUT2D eigenvalue weighted by molar-refractivity contribution is 7.09. The van der Waals surface area contributed by atoms with Crippen molar-refractivity contribution in [2.45, 2.75) is 57.9 Å². The Hall–Kier alpha value is -0.380. The Labute approximate surface area is 103 Å². The van der Waals surface area contributed by atoms with Crippen LogP contribution < -0.4 is 11.3 Å². The standard InChI is InChI=1S/C13H24N2S/c1-2-3-4-5-6-8-12(15-14)11-13-9-7-10-16-13/h7,9-10,12,15H,2-6,8,11,14H2,1H3. The maximum atomic E-state index is 5.58. The van der Waals surface area contributed by atoms with Crippen LogP contribution in [0.5, 0.6) is 0 Å². The molecule has 0 fully saturated rings. The molecule has 0 spiro atoms. The molecular weight excluding hydrogens is 216 g/mol. The van der Waals surface area contributed by atoms with Gasteiger partial charge in [-0.1, -0.05) is 45.1 Å². The van der Waals surface area contributed by atoms with Crippen LogP contribution in [0.25, 0.3) is 0 Å². The van der Waals surface area contributed by atoms with E-state index in [-0.39, 0.29) is 0 Å². The average molecular weight is 240 g/mol. The predicted octanol–water partition coefficient (Wildman–Crippen LogP) is 3.48. The summed E-state index contributed by atoms with van der Waals surface area (Å²) >= 11 is 1.82. The molecule has 1 rings (SSSR count). The Bertz CT molecular complexity index is 246. The highest BCUT2D eigenvalue weighted by Crippen LogP contribution is 2.14. The van der Waals surface area contributed by atoms with E-state index >= 15 is 0 Å². The van der Waals surface area contributed by atoms with Gasteiger partial charge in [-0.25, -0.2) is 0 Å². The van der Waals surface area contributed by atoms with Crippen LogP contribution in [0.2, 0.25) is 0 Å². The molecule has 0 saturated heterocycles. The third-order valence-corrected chi connectivity index (χ3v) is 3.82. The average Bonchev–Trinajstić information content (AvgIpc) is 2.80. The Balaban J connectivity index is 2.12. The maximum absolute atomic E-state index is 5.58. The van der Waals surface area contributed by atoms with Crippen LogP contribution in [0.4, 0.5) is 0 Å². The zero-order valence-corrected chi connectivity index (χ0v) is 11.1. The van der Waals surface area contributed by atoms with E-state index in [1.165, 1.54) is 43.4 Å². The van der Waals surface area contributed by atoms with Gasteiger partial charge in [-0.05, 0) is 24.3 Å². The largest absolute Gasteiger partial charge is 0.271 e. The Morgan fingerprint density at radius 2 is 2.12 bits per heavy atom. The molecule has 1 aromatic heterocycles. The fraction of sp³-hybridized carbons (Fsp3) is 0.692. The van der Waals surface area contributed by atoms with Crippen molar-refractivity contribution in [2.24, 2.45) is 5.84 Å². The summed E-state index contributed by atoms with van der Waals surface area (Å²) in [6.07, 6.45) is 8.95. The van der Waals surface area contributed by atoms with E-state index in [1.807, 2.05) is 11.3 Å². The smallest absolute Gasteiger partial charge is 0.0258 e.